The molecule has 0 aliphatic rings. The molecule has 4 aromatic rings. The van der Waals surface area contributed by atoms with Crippen molar-refractivity contribution in [3.63, 3.8) is 0 Å². The molecule has 2 aromatic heterocycles. The number of hydrogen-bond donors (Lipinski definition) is 2. The monoisotopic (exact) mass is 495 g/mol. The lowest BCUT2D eigenvalue weighted by Crippen LogP contribution is -2.24. The Balaban J connectivity index is 1.67. The van der Waals surface area contributed by atoms with Crippen LogP contribution in [-0.4, -0.2) is 26.5 Å². The van der Waals surface area contributed by atoms with Crippen LogP contribution in [0.5, 0.6) is 0 Å². The van der Waals surface area contributed by atoms with E-state index < -0.39 is 29.0 Å². The number of nitrogens with zero attached hydrogens (tertiary/aromatic N) is 2. The van der Waals surface area contributed by atoms with Gasteiger partial charge in [0.25, 0.3) is 5.91 Å². The first-order valence-corrected chi connectivity index (χ1v) is 10.8. The van der Waals surface area contributed by atoms with Gasteiger partial charge in [-0.15, -0.1) is 0 Å². The zero-order valence-electron chi connectivity index (χ0n) is 19.0. The van der Waals surface area contributed by atoms with Crippen LogP contribution in [-0.2, 0) is 24.4 Å². The highest BCUT2D eigenvalue weighted by Crippen LogP contribution is 2.38. The summed E-state index contributed by atoms with van der Waals surface area (Å²) in [6, 6.07) is 13.1. The zero-order chi connectivity index (χ0) is 26.0. The molecule has 0 unspecified atom stereocenters. The van der Waals surface area contributed by atoms with E-state index in [-0.39, 0.29) is 35.0 Å². The Morgan fingerprint density at radius 2 is 1.81 bits per heavy atom. The van der Waals surface area contributed by atoms with Crippen molar-refractivity contribution in [3.8, 4) is 11.1 Å². The fourth-order valence-electron chi connectivity index (χ4n) is 3.88. The first-order chi connectivity index (χ1) is 17.0. The number of pyridine rings is 2. The lowest BCUT2D eigenvalue weighted by Gasteiger charge is -2.16. The molecule has 0 radical (unpaired) electrons. The molecule has 0 spiro atoms. The minimum absolute atomic E-state index is 0.0347. The predicted molar refractivity (Wildman–Crippen MR) is 128 cm³/mol. The van der Waals surface area contributed by atoms with E-state index in [2.05, 4.69) is 10.3 Å². The van der Waals surface area contributed by atoms with Gasteiger partial charge in [-0.1, -0.05) is 36.4 Å². The number of aryl methyl sites for hydroxylation is 2. The number of benzene rings is 2. The maximum atomic E-state index is 13.8. The van der Waals surface area contributed by atoms with Crippen LogP contribution >= 0.6 is 0 Å². The highest BCUT2D eigenvalue weighted by atomic mass is 19.4. The van der Waals surface area contributed by atoms with E-state index in [0.29, 0.717) is 16.8 Å². The molecule has 1 amide bonds. The summed E-state index contributed by atoms with van der Waals surface area (Å²) in [5.41, 5.74) is -0.699. The molecule has 0 atom stereocenters. The van der Waals surface area contributed by atoms with E-state index >= 15 is 0 Å². The van der Waals surface area contributed by atoms with Gasteiger partial charge in [-0.25, -0.2) is 0 Å². The van der Waals surface area contributed by atoms with Crippen molar-refractivity contribution in [1.82, 2.24) is 9.55 Å². The molecule has 2 aromatic carbocycles. The summed E-state index contributed by atoms with van der Waals surface area (Å²) < 4.78 is 42.9. The highest BCUT2D eigenvalue weighted by molar-refractivity contribution is 6.06. The first-order valence-electron chi connectivity index (χ1n) is 10.8. The number of halogens is 3. The Hall–Kier alpha value is -4.47. The summed E-state index contributed by atoms with van der Waals surface area (Å²) in [5.74, 6) is -1.85. The fourth-order valence-corrected chi connectivity index (χ4v) is 3.88. The molecule has 0 aliphatic carbocycles. The Labute approximate surface area is 202 Å². The largest absolute Gasteiger partial charge is 0.481 e. The number of fused-ring (bicyclic) bond motifs is 1. The van der Waals surface area contributed by atoms with Crippen LogP contribution < -0.4 is 10.7 Å². The van der Waals surface area contributed by atoms with Gasteiger partial charge < -0.3 is 15.0 Å². The number of carbonyl (C=O) groups is 2. The number of aromatic nitrogens is 2. The normalized spacial score (nSPS) is 11.4. The van der Waals surface area contributed by atoms with Gasteiger partial charge in [0, 0.05) is 37.2 Å². The third-order valence-electron chi connectivity index (χ3n) is 5.64. The minimum atomic E-state index is -4.67. The van der Waals surface area contributed by atoms with Gasteiger partial charge in [0.05, 0.1) is 22.9 Å². The number of nitrogens with one attached hydrogen (secondary N) is 1. The van der Waals surface area contributed by atoms with E-state index in [1.165, 1.54) is 29.1 Å². The number of hydrogen-bond acceptors (Lipinski definition) is 4. The van der Waals surface area contributed by atoms with Gasteiger partial charge >= 0.3 is 12.1 Å². The third-order valence-corrected chi connectivity index (χ3v) is 5.64. The van der Waals surface area contributed by atoms with E-state index in [1.807, 2.05) is 0 Å². The summed E-state index contributed by atoms with van der Waals surface area (Å²) >= 11 is 0. The van der Waals surface area contributed by atoms with Crippen molar-refractivity contribution in [2.24, 2.45) is 7.05 Å². The molecule has 7 nitrogen and oxygen atoms in total. The lowest BCUT2D eigenvalue weighted by atomic mass is 9.98. The first kappa shape index (κ1) is 24.6. The number of rotatable bonds is 6. The van der Waals surface area contributed by atoms with Crippen LogP contribution in [0.3, 0.4) is 0 Å². The zero-order valence-corrected chi connectivity index (χ0v) is 19.0. The fraction of sp³-hybridized carbons (Fsp3) is 0.154. The molecular weight excluding hydrogens is 475 g/mol. The Bertz CT molecular complexity index is 1530. The van der Waals surface area contributed by atoms with E-state index in [0.717, 1.165) is 6.07 Å². The average molecular weight is 495 g/mol. The molecule has 2 heterocycles. The number of carboxylic acids is 1. The van der Waals surface area contributed by atoms with Crippen LogP contribution in [0.4, 0.5) is 18.9 Å². The van der Waals surface area contributed by atoms with Crippen LogP contribution in [0.2, 0.25) is 0 Å². The van der Waals surface area contributed by atoms with Gasteiger partial charge in [-0.05, 0) is 29.3 Å². The van der Waals surface area contributed by atoms with Crippen molar-refractivity contribution in [3.05, 3.63) is 94.0 Å². The van der Waals surface area contributed by atoms with Crippen molar-refractivity contribution in [1.29, 1.82) is 0 Å². The maximum absolute atomic E-state index is 13.8. The molecule has 184 valence electrons. The molecule has 0 bridgehead atoms. The quantitative estimate of drug-likeness (QED) is 0.397. The molecule has 0 fully saturated rings. The molecule has 10 heteroatoms. The molecule has 2 N–H and O–H groups in total. The summed E-state index contributed by atoms with van der Waals surface area (Å²) in [6.45, 7) is 0. The van der Waals surface area contributed by atoms with Crippen molar-refractivity contribution >= 4 is 28.5 Å². The number of alkyl halides is 3. The Kier molecular flexibility index (Phi) is 6.61. The van der Waals surface area contributed by atoms with Crippen molar-refractivity contribution in [2.75, 3.05) is 5.32 Å². The van der Waals surface area contributed by atoms with Gasteiger partial charge in [-0.2, -0.15) is 13.2 Å². The smallest absolute Gasteiger partial charge is 0.417 e. The molecule has 36 heavy (non-hydrogen) atoms. The second-order valence-electron chi connectivity index (χ2n) is 8.15. The molecule has 0 saturated heterocycles. The van der Waals surface area contributed by atoms with Crippen molar-refractivity contribution < 1.29 is 27.9 Å². The minimum Gasteiger partial charge on any atom is -0.481 e. The molecule has 0 aliphatic heterocycles. The van der Waals surface area contributed by atoms with E-state index in [1.54, 1.807) is 43.4 Å². The van der Waals surface area contributed by atoms with Gasteiger partial charge in [0.1, 0.15) is 5.56 Å². The van der Waals surface area contributed by atoms with Crippen LogP contribution in [0.1, 0.15) is 28.0 Å². The van der Waals surface area contributed by atoms with Crippen LogP contribution in [0.15, 0.2) is 71.8 Å². The Morgan fingerprint density at radius 1 is 1.08 bits per heavy atom. The number of carbonyl (C=O) groups excluding carboxylic acids is 1. The summed E-state index contributed by atoms with van der Waals surface area (Å²) in [6.07, 6.45) is -2.08. The van der Waals surface area contributed by atoms with Gasteiger partial charge in [0.15, 0.2) is 0 Å². The second-order valence-corrected chi connectivity index (χ2v) is 8.15. The number of amides is 1. The molecule has 0 saturated carbocycles. The topological polar surface area (TPSA) is 101 Å². The van der Waals surface area contributed by atoms with Crippen molar-refractivity contribution in [2.45, 2.75) is 19.0 Å². The van der Waals surface area contributed by atoms with Gasteiger partial charge in [0.2, 0.25) is 5.43 Å². The lowest BCUT2D eigenvalue weighted by molar-refractivity contribution is -0.137. The summed E-state index contributed by atoms with van der Waals surface area (Å²) in [5, 5.41) is 11.4. The average Bonchev–Trinajstić information content (AvgIpc) is 2.84. The maximum Gasteiger partial charge on any atom is 0.417 e. The molecule has 4 rings (SSSR count). The Morgan fingerprint density at radius 3 is 2.47 bits per heavy atom. The number of carboxylic acid groups (broad SMARTS) is 1. The van der Waals surface area contributed by atoms with Gasteiger partial charge in [-0.3, -0.25) is 19.4 Å². The highest BCUT2D eigenvalue weighted by Gasteiger charge is 2.34. The molecular formula is C26H20F3N3O4. The SMILES string of the molecule is Cn1cc(C(=O)Nc2ccc(-c3ccccc3)c(C(F)(F)F)c2)c(=O)c2cnc(CCC(=O)O)cc21. The van der Waals surface area contributed by atoms with E-state index in [9.17, 15) is 27.6 Å². The second kappa shape index (κ2) is 9.65. The summed E-state index contributed by atoms with van der Waals surface area (Å²) in [7, 11) is 1.59. The predicted octanol–water partition coefficient (Wildman–Crippen LogP) is 4.89. The number of aliphatic carboxylic acids is 1. The van der Waals surface area contributed by atoms with Crippen LogP contribution in [0.25, 0.3) is 22.0 Å². The standard InChI is InChI=1S/C26H20F3N3O4/c1-32-14-20(24(35)19-13-30-16(12-22(19)32)8-10-23(33)34)25(36)31-17-7-9-18(15-5-3-2-4-6-15)21(11-17)26(27,28)29/h2-7,9,11-14H,8,10H2,1H3,(H,31,36)(H,33,34). The third kappa shape index (κ3) is 5.12. The van der Waals surface area contributed by atoms with Crippen LogP contribution in [0, 0.1) is 0 Å². The number of anilines is 1. The summed E-state index contributed by atoms with van der Waals surface area (Å²) in [4.78, 5) is 40.8. The van der Waals surface area contributed by atoms with E-state index in [4.69, 9.17) is 5.11 Å².